The van der Waals surface area contributed by atoms with Crippen LogP contribution in [0.5, 0.6) is 0 Å². The van der Waals surface area contributed by atoms with Gasteiger partial charge in [0.05, 0.1) is 11.3 Å². The number of carbonyl (C=O) groups excluding carboxylic acids is 2. The molecular weight excluding hydrogens is 458 g/mol. The maximum Gasteiger partial charge on any atom is 0.256 e. The molecule has 1 aliphatic heterocycles. The number of nitrogens with zero attached hydrogens (tertiary/aromatic N) is 2. The molecule has 5 aromatic rings. The number of hydrogen-bond donors (Lipinski definition) is 3. The van der Waals surface area contributed by atoms with Crippen molar-refractivity contribution in [3.63, 3.8) is 0 Å². The fraction of sp³-hybridized carbons (Fsp3) is 0.0370. The molecule has 7 nitrogen and oxygen atoms in total. The molecule has 0 unspecified atom stereocenters. The van der Waals surface area contributed by atoms with Crippen molar-refractivity contribution in [2.24, 2.45) is 0 Å². The largest absolute Gasteiger partial charge is 0.361 e. The molecule has 0 aliphatic carbocycles. The van der Waals surface area contributed by atoms with Gasteiger partial charge in [0.15, 0.2) is 5.82 Å². The molecule has 170 valence electrons. The molecule has 6 rings (SSSR count). The summed E-state index contributed by atoms with van der Waals surface area (Å²) in [7, 11) is 0. The summed E-state index contributed by atoms with van der Waals surface area (Å²) < 4.78 is 0. The fourth-order valence-electron chi connectivity index (χ4n) is 3.98. The molecule has 0 fully saturated rings. The second-order valence-electron chi connectivity index (χ2n) is 8.14. The zero-order valence-electron chi connectivity index (χ0n) is 18.4. The van der Waals surface area contributed by atoms with Crippen LogP contribution in [0.3, 0.4) is 0 Å². The van der Waals surface area contributed by atoms with E-state index in [4.69, 9.17) is 0 Å². The summed E-state index contributed by atoms with van der Waals surface area (Å²) in [5.74, 6) is 0.205. The van der Waals surface area contributed by atoms with Gasteiger partial charge in [0.2, 0.25) is 0 Å². The minimum absolute atomic E-state index is 0.183. The number of amides is 2. The van der Waals surface area contributed by atoms with E-state index >= 15 is 0 Å². The van der Waals surface area contributed by atoms with Gasteiger partial charge in [-0.25, -0.2) is 9.97 Å². The first-order valence-electron chi connectivity index (χ1n) is 11.0. The van der Waals surface area contributed by atoms with Gasteiger partial charge in [0.25, 0.3) is 11.8 Å². The Morgan fingerprint density at radius 3 is 2.69 bits per heavy atom. The number of H-pyrrole nitrogens is 1. The second-order valence-corrected chi connectivity index (χ2v) is 9.22. The highest BCUT2D eigenvalue weighted by Gasteiger charge is 2.20. The highest BCUT2D eigenvalue weighted by Crippen LogP contribution is 2.39. The number of hydrogen-bond acceptors (Lipinski definition) is 5. The Morgan fingerprint density at radius 2 is 1.80 bits per heavy atom. The highest BCUT2D eigenvalue weighted by atomic mass is 32.2. The van der Waals surface area contributed by atoms with Crippen LogP contribution in [0.1, 0.15) is 26.3 Å². The highest BCUT2D eigenvalue weighted by molar-refractivity contribution is 7.99. The maximum absolute atomic E-state index is 12.8. The van der Waals surface area contributed by atoms with Crippen molar-refractivity contribution >= 4 is 40.2 Å². The van der Waals surface area contributed by atoms with Crippen molar-refractivity contribution in [2.45, 2.75) is 16.3 Å². The Hall–Kier alpha value is -4.43. The first-order chi connectivity index (χ1) is 17.1. The first-order valence-corrected chi connectivity index (χ1v) is 11.8. The number of nitrogens with one attached hydrogen (secondary N) is 3. The summed E-state index contributed by atoms with van der Waals surface area (Å²) in [5.41, 5.74) is 4.49. The molecule has 1 aliphatic rings. The van der Waals surface area contributed by atoms with Crippen LogP contribution in [0.4, 0.5) is 5.69 Å². The molecular formula is C27H19N5O2S. The lowest BCUT2D eigenvalue weighted by atomic mass is 10.1. The van der Waals surface area contributed by atoms with Crippen LogP contribution in [-0.2, 0) is 6.54 Å². The smallest absolute Gasteiger partial charge is 0.256 e. The SMILES string of the molecule is O=C(NCc1cnc(-c2ccc3[nH]ccc3c2)nc1)c1ccc2c(c1)NC(=O)c1ccccc1S2. The van der Waals surface area contributed by atoms with Crippen molar-refractivity contribution in [1.29, 1.82) is 0 Å². The van der Waals surface area contributed by atoms with Gasteiger partial charge in [-0.15, -0.1) is 0 Å². The molecule has 0 atom stereocenters. The van der Waals surface area contributed by atoms with Crippen LogP contribution in [0, 0.1) is 0 Å². The Bertz CT molecular complexity index is 1590. The van der Waals surface area contributed by atoms with E-state index in [2.05, 4.69) is 25.6 Å². The summed E-state index contributed by atoms with van der Waals surface area (Å²) in [6.45, 7) is 0.291. The van der Waals surface area contributed by atoms with E-state index in [0.717, 1.165) is 31.8 Å². The normalized spacial score (nSPS) is 12.4. The lowest BCUT2D eigenvalue weighted by molar-refractivity contribution is 0.0949. The molecule has 0 saturated carbocycles. The molecule has 0 radical (unpaired) electrons. The van der Waals surface area contributed by atoms with Crippen molar-refractivity contribution in [3.8, 4) is 11.4 Å². The van der Waals surface area contributed by atoms with Crippen molar-refractivity contribution in [3.05, 3.63) is 102 Å². The summed E-state index contributed by atoms with van der Waals surface area (Å²) >= 11 is 1.50. The van der Waals surface area contributed by atoms with Gasteiger partial charge in [-0.1, -0.05) is 23.9 Å². The van der Waals surface area contributed by atoms with E-state index in [0.29, 0.717) is 29.2 Å². The number of aromatic amines is 1. The number of rotatable bonds is 4. The molecule has 0 spiro atoms. The zero-order chi connectivity index (χ0) is 23.8. The van der Waals surface area contributed by atoms with E-state index in [1.54, 1.807) is 30.6 Å². The van der Waals surface area contributed by atoms with Gasteiger partial charge in [0, 0.05) is 62.5 Å². The van der Waals surface area contributed by atoms with Gasteiger partial charge < -0.3 is 15.6 Å². The van der Waals surface area contributed by atoms with Gasteiger partial charge in [-0.05, 0) is 54.6 Å². The minimum atomic E-state index is -0.240. The molecule has 3 heterocycles. The molecule has 2 amide bonds. The standard InChI is InChI=1S/C27H19N5O2S/c33-26(19-6-8-24-22(12-19)32-27(34)20-3-1-2-4-23(20)35-24)31-15-16-13-29-25(30-14-16)18-5-7-21-17(11-18)9-10-28-21/h1-14,28H,15H2,(H,31,33)(H,32,34). The zero-order valence-corrected chi connectivity index (χ0v) is 19.2. The van der Waals surface area contributed by atoms with Gasteiger partial charge in [0.1, 0.15) is 0 Å². The number of aromatic nitrogens is 3. The lowest BCUT2D eigenvalue weighted by Gasteiger charge is -2.10. The Morgan fingerprint density at radius 1 is 0.943 bits per heavy atom. The summed E-state index contributed by atoms with van der Waals surface area (Å²) in [6, 6.07) is 20.8. The Labute approximate surface area is 205 Å². The first kappa shape index (κ1) is 21.1. The van der Waals surface area contributed by atoms with E-state index in [-0.39, 0.29) is 11.8 Å². The van der Waals surface area contributed by atoms with Crippen molar-refractivity contribution in [2.75, 3.05) is 5.32 Å². The monoisotopic (exact) mass is 477 g/mol. The maximum atomic E-state index is 12.8. The summed E-state index contributed by atoms with van der Waals surface area (Å²) in [6.07, 6.45) is 5.33. The predicted octanol–water partition coefficient (Wildman–Crippen LogP) is 5.27. The Balaban J connectivity index is 1.14. The summed E-state index contributed by atoms with van der Waals surface area (Å²) in [5, 5.41) is 6.92. The molecule has 3 N–H and O–H groups in total. The van der Waals surface area contributed by atoms with Crippen molar-refractivity contribution in [1.82, 2.24) is 20.3 Å². The number of benzene rings is 3. The molecule has 35 heavy (non-hydrogen) atoms. The summed E-state index contributed by atoms with van der Waals surface area (Å²) in [4.78, 5) is 39.3. The van der Waals surface area contributed by atoms with Crippen LogP contribution >= 0.6 is 11.8 Å². The average Bonchev–Trinajstić information content (AvgIpc) is 3.31. The third kappa shape index (κ3) is 4.15. The second kappa shape index (κ2) is 8.73. The van der Waals surface area contributed by atoms with Crippen LogP contribution < -0.4 is 10.6 Å². The molecule has 2 aromatic heterocycles. The van der Waals surface area contributed by atoms with Gasteiger partial charge in [-0.2, -0.15) is 0 Å². The lowest BCUT2D eigenvalue weighted by Crippen LogP contribution is -2.23. The van der Waals surface area contributed by atoms with Crippen LogP contribution in [0.2, 0.25) is 0 Å². The van der Waals surface area contributed by atoms with E-state index in [9.17, 15) is 9.59 Å². The third-order valence-electron chi connectivity index (χ3n) is 5.81. The van der Waals surface area contributed by atoms with Crippen LogP contribution in [-0.4, -0.2) is 26.8 Å². The number of anilines is 1. The van der Waals surface area contributed by atoms with Gasteiger partial charge >= 0.3 is 0 Å². The third-order valence-corrected chi connectivity index (χ3v) is 6.96. The van der Waals surface area contributed by atoms with E-state index < -0.39 is 0 Å². The average molecular weight is 478 g/mol. The fourth-order valence-corrected chi connectivity index (χ4v) is 4.99. The Kier molecular flexibility index (Phi) is 5.27. The van der Waals surface area contributed by atoms with Crippen LogP contribution in [0.15, 0.2) is 95.1 Å². The van der Waals surface area contributed by atoms with Gasteiger partial charge in [-0.3, -0.25) is 9.59 Å². The van der Waals surface area contributed by atoms with E-state index in [1.807, 2.05) is 54.7 Å². The molecule has 3 aromatic carbocycles. The van der Waals surface area contributed by atoms with E-state index in [1.165, 1.54) is 11.8 Å². The minimum Gasteiger partial charge on any atom is -0.361 e. The predicted molar refractivity (Wildman–Crippen MR) is 135 cm³/mol. The topological polar surface area (TPSA) is 99.8 Å². The van der Waals surface area contributed by atoms with Crippen LogP contribution in [0.25, 0.3) is 22.3 Å². The molecule has 0 bridgehead atoms. The quantitative estimate of drug-likeness (QED) is 0.327. The van der Waals surface area contributed by atoms with Crippen molar-refractivity contribution < 1.29 is 9.59 Å². The number of fused-ring (bicyclic) bond motifs is 3. The number of carbonyl (C=O) groups is 2. The molecule has 0 saturated heterocycles. The molecule has 8 heteroatoms.